The summed E-state index contributed by atoms with van der Waals surface area (Å²) < 4.78 is 20.1. The van der Waals surface area contributed by atoms with Crippen molar-refractivity contribution < 1.29 is 19.0 Å². The van der Waals surface area contributed by atoms with E-state index >= 15 is 0 Å². The molecule has 0 heterocycles. The summed E-state index contributed by atoms with van der Waals surface area (Å²) in [7, 11) is 0. The SMILES string of the molecule is CCCCCCCOc1ccc(-c2ccc(C(CCCCCCC)C(=O)O)cc2)cc1F. The molecule has 176 valence electrons. The smallest absolute Gasteiger partial charge is 0.310 e. The number of halogens is 1. The van der Waals surface area contributed by atoms with E-state index in [4.69, 9.17) is 4.74 Å². The largest absolute Gasteiger partial charge is 0.491 e. The van der Waals surface area contributed by atoms with Gasteiger partial charge in [0.25, 0.3) is 0 Å². The first-order chi connectivity index (χ1) is 15.6. The zero-order valence-corrected chi connectivity index (χ0v) is 19.7. The van der Waals surface area contributed by atoms with Gasteiger partial charge in [-0.2, -0.15) is 0 Å². The fraction of sp³-hybridized carbons (Fsp3) is 0.536. The molecule has 0 saturated carbocycles. The van der Waals surface area contributed by atoms with Gasteiger partial charge in [-0.3, -0.25) is 4.79 Å². The summed E-state index contributed by atoms with van der Waals surface area (Å²) >= 11 is 0. The predicted octanol–water partition coefficient (Wildman–Crippen LogP) is 8.37. The Labute approximate surface area is 193 Å². The van der Waals surface area contributed by atoms with Gasteiger partial charge in [0.2, 0.25) is 0 Å². The first-order valence-electron chi connectivity index (χ1n) is 12.3. The zero-order valence-electron chi connectivity index (χ0n) is 19.7. The number of rotatable bonds is 16. The van der Waals surface area contributed by atoms with Crippen molar-refractivity contribution in [1.82, 2.24) is 0 Å². The van der Waals surface area contributed by atoms with Gasteiger partial charge in [-0.15, -0.1) is 0 Å². The molecule has 32 heavy (non-hydrogen) atoms. The Morgan fingerprint density at radius 3 is 2.03 bits per heavy atom. The summed E-state index contributed by atoms with van der Waals surface area (Å²) in [6, 6.07) is 12.5. The van der Waals surface area contributed by atoms with Crippen LogP contribution >= 0.6 is 0 Å². The van der Waals surface area contributed by atoms with Gasteiger partial charge in [0, 0.05) is 0 Å². The van der Waals surface area contributed by atoms with Crippen molar-refractivity contribution in [2.45, 2.75) is 90.4 Å². The highest BCUT2D eigenvalue weighted by molar-refractivity contribution is 5.76. The summed E-state index contributed by atoms with van der Waals surface area (Å²) in [5.41, 5.74) is 2.43. The highest BCUT2D eigenvalue weighted by Crippen LogP contribution is 2.29. The van der Waals surface area contributed by atoms with Crippen LogP contribution in [0, 0.1) is 5.82 Å². The van der Waals surface area contributed by atoms with Gasteiger partial charge in [0.05, 0.1) is 12.5 Å². The van der Waals surface area contributed by atoms with Gasteiger partial charge in [0.15, 0.2) is 11.6 Å². The summed E-state index contributed by atoms with van der Waals surface area (Å²) in [5.74, 6) is -1.35. The van der Waals surface area contributed by atoms with E-state index in [0.29, 0.717) is 13.0 Å². The molecule has 2 aromatic rings. The van der Waals surface area contributed by atoms with Crippen molar-refractivity contribution in [3.05, 3.63) is 53.8 Å². The lowest BCUT2D eigenvalue weighted by molar-refractivity contribution is -0.139. The molecular formula is C28H39FO3. The van der Waals surface area contributed by atoms with Crippen LogP contribution in [0.1, 0.15) is 96.0 Å². The van der Waals surface area contributed by atoms with E-state index in [1.807, 2.05) is 30.3 Å². The molecule has 1 atom stereocenters. The van der Waals surface area contributed by atoms with E-state index in [1.165, 1.54) is 38.2 Å². The second-order valence-corrected chi connectivity index (χ2v) is 8.62. The van der Waals surface area contributed by atoms with E-state index in [-0.39, 0.29) is 11.6 Å². The van der Waals surface area contributed by atoms with Crippen molar-refractivity contribution in [1.29, 1.82) is 0 Å². The third-order valence-electron chi connectivity index (χ3n) is 5.98. The van der Waals surface area contributed by atoms with Gasteiger partial charge in [-0.25, -0.2) is 4.39 Å². The van der Waals surface area contributed by atoms with Crippen LogP contribution in [-0.4, -0.2) is 17.7 Å². The molecule has 0 saturated heterocycles. The van der Waals surface area contributed by atoms with E-state index < -0.39 is 11.9 Å². The molecular weight excluding hydrogens is 403 g/mol. The molecule has 2 rings (SSSR count). The number of hydrogen-bond donors (Lipinski definition) is 1. The number of hydrogen-bond acceptors (Lipinski definition) is 2. The maximum absolute atomic E-state index is 14.5. The lowest BCUT2D eigenvalue weighted by Crippen LogP contribution is -2.11. The Hall–Kier alpha value is -2.36. The fourth-order valence-corrected chi connectivity index (χ4v) is 3.98. The third-order valence-corrected chi connectivity index (χ3v) is 5.98. The number of carboxylic acid groups (broad SMARTS) is 1. The Bertz CT molecular complexity index is 801. The monoisotopic (exact) mass is 442 g/mol. The minimum atomic E-state index is -0.782. The molecule has 0 aliphatic carbocycles. The third kappa shape index (κ3) is 8.64. The molecule has 1 unspecified atom stereocenters. The van der Waals surface area contributed by atoms with E-state index in [1.54, 1.807) is 6.07 Å². The number of carboxylic acids is 1. The molecule has 0 radical (unpaired) electrons. The fourth-order valence-electron chi connectivity index (χ4n) is 3.98. The number of ether oxygens (including phenoxy) is 1. The van der Waals surface area contributed by atoms with E-state index in [2.05, 4.69) is 13.8 Å². The summed E-state index contributed by atoms with van der Waals surface area (Å²) in [4.78, 5) is 11.8. The molecule has 0 amide bonds. The van der Waals surface area contributed by atoms with Crippen LogP contribution in [0.3, 0.4) is 0 Å². The van der Waals surface area contributed by atoms with Gasteiger partial charge >= 0.3 is 5.97 Å². The first-order valence-corrected chi connectivity index (χ1v) is 12.3. The molecule has 3 nitrogen and oxygen atoms in total. The highest BCUT2D eigenvalue weighted by atomic mass is 19.1. The highest BCUT2D eigenvalue weighted by Gasteiger charge is 2.19. The van der Waals surface area contributed by atoms with Gasteiger partial charge in [-0.1, -0.05) is 102 Å². The minimum Gasteiger partial charge on any atom is -0.491 e. The second kappa shape index (κ2) is 14.7. The van der Waals surface area contributed by atoms with Crippen molar-refractivity contribution in [3.63, 3.8) is 0 Å². The number of unbranched alkanes of at least 4 members (excludes halogenated alkanes) is 8. The van der Waals surface area contributed by atoms with Crippen LogP contribution in [0.15, 0.2) is 42.5 Å². The molecule has 0 spiro atoms. The topological polar surface area (TPSA) is 46.5 Å². The molecule has 1 N–H and O–H groups in total. The van der Waals surface area contributed by atoms with Gasteiger partial charge < -0.3 is 9.84 Å². The lowest BCUT2D eigenvalue weighted by Gasteiger charge is -2.14. The van der Waals surface area contributed by atoms with Crippen LogP contribution in [0.2, 0.25) is 0 Å². The summed E-state index contributed by atoms with van der Waals surface area (Å²) in [6.45, 7) is 4.88. The average Bonchev–Trinajstić information content (AvgIpc) is 2.79. The van der Waals surface area contributed by atoms with E-state index in [9.17, 15) is 14.3 Å². The Balaban J connectivity index is 1.94. The van der Waals surface area contributed by atoms with Gasteiger partial charge in [-0.05, 0) is 41.7 Å². The minimum absolute atomic E-state index is 0.287. The van der Waals surface area contributed by atoms with Crippen LogP contribution < -0.4 is 4.74 Å². The first kappa shape index (κ1) is 25.9. The second-order valence-electron chi connectivity index (χ2n) is 8.62. The predicted molar refractivity (Wildman–Crippen MR) is 130 cm³/mol. The van der Waals surface area contributed by atoms with Crippen LogP contribution in [0.5, 0.6) is 5.75 Å². The summed E-state index contributed by atoms with van der Waals surface area (Å²) in [6.07, 6.45) is 11.8. The average molecular weight is 443 g/mol. The van der Waals surface area contributed by atoms with Gasteiger partial charge in [0.1, 0.15) is 0 Å². The number of carbonyl (C=O) groups is 1. The van der Waals surface area contributed by atoms with E-state index in [0.717, 1.165) is 48.8 Å². The molecule has 4 heteroatoms. The lowest BCUT2D eigenvalue weighted by atomic mass is 9.91. The standard InChI is InChI=1S/C28H39FO3/c1-3-5-7-9-11-13-25(28(30)31)23-16-14-22(15-17-23)24-18-19-27(26(29)21-24)32-20-12-10-8-6-4-2/h14-19,21,25H,3-13,20H2,1-2H3,(H,30,31). The Kier molecular flexibility index (Phi) is 11.9. The molecule has 0 fully saturated rings. The Morgan fingerprint density at radius 1 is 0.844 bits per heavy atom. The number of aliphatic carboxylic acids is 1. The number of benzene rings is 2. The van der Waals surface area contributed by atoms with Crippen molar-refractivity contribution in [3.8, 4) is 16.9 Å². The Morgan fingerprint density at radius 2 is 1.44 bits per heavy atom. The van der Waals surface area contributed by atoms with Crippen molar-refractivity contribution in [2.75, 3.05) is 6.61 Å². The molecule has 0 aliphatic heterocycles. The quantitative estimate of drug-likeness (QED) is 0.266. The molecule has 0 bridgehead atoms. The van der Waals surface area contributed by atoms with Crippen LogP contribution in [-0.2, 0) is 4.79 Å². The molecule has 0 aromatic heterocycles. The van der Waals surface area contributed by atoms with Crippen LogP contribution in [0.4, 0.5) is 4.39 Å². The van der Waals surface area contributed by atoms with Crippen molar-refractivity contribution >= 4 is 5.97 Å². The maximum Gasteiger partial charge on any atom is 0.310 e. The summed E-state index contributed by atoms with van der Waals surface area (Å²) in [5, 5.41) is 9.65. The normalized spacial score (nSPS) is 12.0. The zero-order chi connectivity index (χ0) is 23.2. The van der Waals surface area contributed by atoms with Crippen molar-refractivity contribution in [2.24, 2.45) is 0 Å². The maximum atomic E-state index is 14.5. The molecule has 2 aromatic carbocycles. The van der Waals surface area contributed by atoms with Crippen LogP contribution in [0.25, 0.3) is 11.1 Å². The molecule has 0 aliphatic rings.